The predicted molar refractivity (Wildman–Crippen MR) is 82.8 cm³/mol. The number of piperidine rings is 1. The van der Waals surface area contributed by atoms with Crippen LogP contribution in [0.4, 0.5) is 10.5 Å². The molecule has 1 fully saturated rings. The zero-order chi connectivity index (χ0) is 15.2. The highest BCUT2D eigenvalue weighted by Crippen LogP contribution is 2.22. The Balaban J connectivity index is 1.97. The van der Waals surface area contributed by atoms with E-state index in [1.54, 1.807) is 4.90 Å². The molecule has 1 aliphatic rings. The Bertz CT molecular complexity index is 490. The van der Waals surface area contributed by atoms with Crippen molar-refractivity contribution in [3.05, 3.63) is 23.8 Å². The molecule has 1 heterocycles. The van der Waals surface area contributed by atoms with Crippen molar-refractivity contribution < 1.29 is 14.6 Å². The van der Waals surface area contributed by atoms with Crippen LogP contribution in [0.3, 0.4) is 0 Å². The van der Waals surface area contributed by atoms with Gasteiger partial charge in [0.05, 0.1) is 12.7 Å². The molecular formula is C16H24N2O3. The van der Waals surface area contributed by atoms with Crippen LogP contribution in [0.25, 0.3) is 0 Å². The molecule has 5 heteroatoms. The van der Waals surface area contributed by atoms with Crippen molar-refractivity contribution in [3.8, 4) is 5.75 Å². The molecule has 0 aromatic heterocycles. The quantitative estimate of drug-likeness (QED) is 0.897. The lowest BCUT2D eigenvalue weighted by molar-refractivity contribution is 0.0883. The van der Waals surface area contributed by atoms with Gasteiger partial charge in [-0.15, -0.1) is 0 Å². The van der Waals surface area contributed by atoms with Crippen molar-refractivity contribution in [3.63, 3.8) is 0 Å². The van der Waals surface area contributed by atoms with Gasteiger partial charge in [-0.25, -0.2) is 4.79 Å². The number of nitrogens with one attached hydrogen (secondary N) is 1. The van der Waals surface area contributed by atoms with Gasteiger partial charge >= 0.3 is 6.03 Å². The highest BCUT2D eigenvalue weighted by atomic mass is 16.5. The molecule has 1 aromatic rings. The Hall–Kier alpha value is -1.75. The standard InChI is InChI=1S/C16H24N2O3/c1-3-9-21-14-6-7-15(12(2)10-14)17-16(20)18-8-4-5-13(19)11-18/h6-7,10,13,19H,3-5,8-9,11H2,1-2H3,(H,17,20). The summed E-state index contributed by atoms with van der Waals surface area (Å²) >= 11 is 0. The topological polar surface area (TPSA) is 61.8 Å². The number of nitrogens with zero attached hydrogens (tertiary/aromatic N) is 1. The van der Waals surface area contributed by atoms with E-state index in [1.807, 2.05) is 25.1 Å². The van der Waals surface area contributed by atoms with Crippen LogP contribution in [0.2, 0.25) is 0 Å². The number of carbonyl (C=O) groups excluding carboxylic acids is 1. The van der Waals surface area contributed by atoms with Crippen molar-refractivity contribution >= 4 is 11.7 Å². The Morgan fingerprint density at radius 2 is 2.33 bits per heavy atom. The summed E-state index contributed by atoms with van der Waals surface area (Å²) < 4.78 is 5.57. The van der Waals surface area contributed by atoms with Gasteiger partial charge in [0.1, 0.15) is 5.75 Å². The summed E-state index contributed by atoms with van der Waals surface area (Å²) in [5.74, 6) is 0.820. The summed E-state index contributed by atoms with van der Waals surface area (Å²) in [7, 11) is 0. The molecule has 1 unspecified atom stereocenters. The fourth-order valence-corrected chi connectivity index (χ4v) is 2.42. The van der Waals surface area contributed by atoms with E-state index in [-0.39, 0.29) is 6.03 Å². The van der Waals surface area contributed by atoms with Crippen LogP contribution in [-0.4, -0.2) is 41.8 Å². The molecule has 2 rings (SSSR count). The number of aliphatic hydroxyl groups is 1. The number of β-amino-alcohol motifs (C(OH)–C–C–N with tert-alkyl or cyclic N) is 1. The van der Waals surface area contributed by atoms with E-state index < -0.39 is 6.10 Å². The third kappa shape index (κ3) is 4.36. The highest BCUT2D eigenvalue weighted by Gasteiger charge is 2.22. The van der Waals surface area contributed by atoms with Gasteiger partial charge in [-0.05, 0) is 49.9 Å². The first-order chi connectivity index (χ1) is 10.1. The average Bonchev–Trinajstić information content (AvgIpc) is 2.47. The molecule has 2 N–H and O–H groups in total. The van der Waals surface area contributed by atoms with E-state index in [9.17, 15) is 9.90 Å². The molecule has 1 aromatic carbocycles. The number of ether oxygens (including phenoxy) is 1. The van der Waals surface area contributed by atoms with Gasteiger partial charge in [0.15, 0.2) is 0 Å². The maximum Gasteiger partial charge on any atom is 0.321 e. The summed E-state index contributed by atoms with van der Waals surface area (Å²) in [5.41, 5.74) is 1.75. The van der Waals surface area contributed by atoms with E-state index in [0.29, 0.717) is 19.7 Å². The lowest BCUT2D eigenvalue weighted by atomic mass is 10.1. The second-order valence-electron chi connectivity index (χ2n) is 5.50. The van der Waals surface area contributed by atoms with Gasteiger partial charge < -0.3 is 20.1 Å². The highest BCUT2D eigenvalue weighted by molar-refractivity contribution is 5.90. The van der Waals surface area contributed by atoms with Crippen LogP contribution in [0.15, 0.2) is 18.2 Å². The molecular weight excluding hydrogens is 268 g/mol. The van der Waals surface area contributed by atoms with Crippen molar-refractivity contribution in [2.45, 2.75) is 39.2 Å². The Morgan fingerprint density at radius 1 is 1.52 bits per heavy atom. The molecule has 0 spiro atoms. The third-order valence-electron chi connectivity index (χ3n) is 3.60. The molecule has 116 valence electrons. The number of anilines is 1. The maximum absolute atomic E-state index is 12.2. The Morgan fingerprint density at radius 3 is 3.00 bits per heavy atom. The Labute approximate surface area is 125 Å². The number of hydrogen-bond donors (Lipinski definition) is 2. The lowest BCUT2D eigenvalue weighted by Gasteiger charge is -2.30. The molecule has 1 saturated heterocycles. The van der Waals surface area contributed by atoms with Gasteiger partial charge in [0, 0.05) is 18.8 Å². The van der Waals surface area contributed by atoms with Crippen LogP contribution in [0.5, 0.6) is 5.75 Å². The third-order valence-corrected chi connectivity index (χ3v) is 3.60. The van der Waals surface area contributed by atoms with Crippen molar-refractivity contribution in [2.75, 3.05) is 25.0 Å². The van der Waals surface area contributed by atoms with Crippen LogP contribution >= 0.6 is 0 Å². The summed E-state index contributed by atoms with van der Waals surface area (Å²) in [6.07, 6.45) is 2.17. The maximum atomic E-state index is 12.2. The van der Waals surface area contributed by atoms with Gasteiger partial charge in [0.2, 0.25) is 0 Å². The smallest absolute Gasteiger partial charge is 0.321 e. The van der Waals surface area contributed by atoms with Crippen LogP contribution in [-0.2, 0) is 0 Å². The zero-order valence-corrected chi connectivity index (χ0v) is 12.8. The minimum Gasteiger partial charge on any atom is -0.494 e. The van der Waals surface area contributed by atoms with Crippen molar-refractivity contribution in [1.29, 1.82) is 0 Å². The number of rotatable bonds is 4. The monoisotopic (exact) mass is 292 g/mol. The van der Waals surface area contributed by atoms with E-state index in [4.69, 9.17) is 4.74 Å². The molecule has 21 heavy (non-hydrogen) atoms. The SMILES string of the molecule is CCCOc1ccc(NC(=O)N2CCCC(O)C2)c(C)c1. The molecule has 2 amide bonds. The van der Waals surface area contributed by atoms with E-state index in [1.165, 1.54) is 0 Å². The first kappa shape index (κ1) is 15.6. The number of benzene rings is 1. The first-order valence-corrected chi connectivity index (χ1v) is 7.57. The summed E-state index contributed by atoms with van der Waals surface area (Å²) in [6, 6.07) is 5.50. The normalized spacial score (nSPS) is 18.4. The van der Waals surface area contributed by atoms with Crippen LogP contribution in [0.1, 0.15) is 31.7 Å². The molecule has 1 atom stereocenters. The number of hydrogen-bond acceptors (Lipinski definition) is 3. The summed E-state index contributed by atoms with van der Waals surface area (Å²) in [5, 5.41) is 12.5. The van der Waals surface area contributed by atoms with Gasteiger partial charge in [-0.1, -0.05) is 6.92 Å². The molecule has 0 radical (unpaired) electrons. The number of aryl methyl sites for hydroxylation is 1. The van der Waals surface area contributed by atoms with Crippen LogP contribution in [0, 0.1) is 6.92 Å². The summed E-state index contributed by atoms with van der Waals surface area (Å²) in [6.45, 7) is 5.80. The zero-order valence-electron chi connectivity index (χ0n) is 12.8. The second-order valence-corrected chi connectivity index (χ2v) is 5.50. The molecule has 0 saturated carbocycles. The van der Waals surface area contributed by atoms with E-state index >= 15 is 0 Å². The fourth-order valence-electron chi connectivity index (χ4n) is 2.42. The van der Waals surface area contributed by atoms with Gasteiger partial charge in [-0.3, -0.25) is 0 Å². The predicted octanol–water partition coefficient (Wildman–Crippen LogP) is 2.77. The van der Waals surface area contributed by atoms with Crippen molar-refractivity contribution in [2.24, 2.45) is 0 Å². The lowest BCUT2D eigenvalue weighted by Crippen LogP contribution is -2.44. The van der Waals surface area contributed by atoms with E-state index in [2.05, 4.69) is 12.2 Å². The Kier molecular flexibility index (Phi) is 5.44. The fraction of sp³-hybridized carbons (Fsp3) is 0.562. The number of carbonyl (C=O) groups is 1. The minimum absolute atomic E-state index is 0.154. The van der Waals surface area contributed by atoms with Gasteiger partial charge in [-0.2, -0.15) is 0 Å². The first-order valence-electron chi connectivity index (χ1n) is 7.57. The molecule has 0 aliphatic carbocycles. The largest absolute Gasteiger partial charge is 0.494 e. The molecule has 0 bridgehead atoms. The number of aliphatic hydroxyl groups excluding tert-OH is 1. The number of amides is 2. The summed E-state index contributed by atoms with van der Waals surface area (Å²) in [4.78, 5) is 13.9. The average molecular weight is 292 g/mol. The number of urea groups is 1. The minimum atomic E-state index is -0.407. The van der Waals surface area contributed by atoms with Gasteiger partial charge in [0.25, 0.3) is 0 Å². The second kappa shape index (κ2) is 7.31. The van der Waals surface area contributed by atoms with Crippen LogP contribution < -0.4 is 10.1 Å². The molecule has 5 nitrogen and oxygen atoms in total. The number of likely N-dealkylation sites (tertiary alicyclic amines) is 1. The van der Waals surface area contributed by atoms with Crippen molar-refractivity contribution in [1.82, 2.24) is 4.90 Å². The molecule has 1 aliphatic heterocycles. The van der Waals surface area contributed by atoms with E-state index in [0.717, 1.165) is 36.3 Å².